The Morgan fingerprint density at radius 1 is 1.44 bits per heavy atom. The summed E-state index contributed by atoms with van der Waals surface area (Å²) in [4.78, 5) is 4.30. The van der Waals surface area contributed by atoms with Crippen LogP contribution in [0, 0.1) is 0 Å². The largest absolute Gasteiger partial charge is 0.472 e. The van der Waals surface area contributed by atoms with E-state index in [2.05, 4.69) is 10.1 Å². The van der Waals surface area contributed by atoms with Crippen molar-refractivity contribution in [1.82, 2.24) is 10.1 Å². The fourth-order valence-corrected chi connectivity index (χ4v) is 1.94. The second-order valence-electron chi connectivity index (χ2n) is 4.42. The van der Waals surface area contributed by atoms with Gasteiger partial charge >= 0.3 is 0 Å². The van der Waals surface area contributed by atoms with Crippen molar-refractivity contribution in [2.24, 2.45) is 5.73 Å². The molecule has 16 heavy (non-hydrogen) atoms. The Kier molecular flexibility index (Phi) is 2.07. The average molecular weight is 219 g/mol. The molecule has 0 aliphatic heterocycles. The first-order chi connectivity index (χ1) is 7.75. The highest BCUT2D eigenvalue weighted by molar-refractivity contribution is 5.51. The van der Waals surface area contributed by atoms with Gasteiger partial charge < -0.3 is 14.7 Å². The molecule has 0 amide bonds. The number of hydrogen-bond donors (Lipinski definition) is 1. The fourth-order valence-electron chi connectivity index (χ4n) is 1.94. The molecule has 84 valence electrons. The molecule has 0 bridgehead atoms. The minimum atomic E-state index is -0.125. The Morgan fingerprint density at radius 3 is 2.94 bits per heavy atom. The van der Waals surface area contributed by atoms with Gasteiger partial charge in [0.05, 0.1) is 11.8 Å². The van der Waals surface area contributed by atoms with Crippen molar-refractivity contribution in [3.05, 3.63) is 24.5 Å². The molecule has 2 heterocycles. The van der Waals surface area contributed by atoms with Crippen LogP contribution in [0.2, 0.25) is 0 Å². The van der Waals surface area contributed by atoms with E-state index in [1.165, 1.54) is 6.42 Å². The van der Waals surface area contributed by atoms with E-state index < -0.39 is 0 Å². The standard InChI is InChI=1S/C11H13N3O2/c12-11(3-1-4-11)6-9-13-10(14-16-9)8-2-5-15-7-8/h2,5,7H,1,3-4,6,12H2. The van der Waals surface area contributed by atoms with Crippen molar-refractivity contribution in [3.8, 4) is 11.4 Å². The lowest BCUT2D eigenvalue weighted by atomic mass is 9.75. The zero-order valence-corrected chi connectivity index (χ0v) is 8.85. The third-order valence-corrected chi connectivity index (χ3v) is 3.10. The van der Waals surface area contributed by atoms with E-state index in [-0.39, 0.29) is 5.54 Å². The van der Waals surface area contributed by atoms with Crippen LogP contribution >= 0.6 is 0 Å². The summed E-state index contributed by atoms with van der Waals surface area (Å²) in [6.07, 6.45) is 7.11. The molecule has 2 aromatic heterocycles. The van der Waals surface area contributed by atoms with Crippen LogP contribution in [0.3, 0.4) is 0 Å². The molecule has 1 aliphatic rings. The normalized spacial score (nSPS) is 18.3. The summed E-state index contributed by atoms with van der Waals surface area (Å²) < 4.78 is 10.1. The lowest BCUT2D eigenvalue weighted by Crippen LogP contribution is -2.48. The zero-order valence-electron chi connectivity index (χ0n) is 8.85. The number of nitrogens with two attached hydrogens (primary N) is 1. The molecular formula is C11H13N3O2. The molecule has 3 rings (SSSR count). The minimum Gasteiger partial charge on any atom is -0.472 e. The van der Waals surface area contributed by atoms with Crippen LogP contribution in [0.4, 0.5) is 0 Å². The Morgan fingerprint density at radius 2 is 2.31 bits per heavy atom. The maximum Gasteiger partial charge on any atom is 0.228 e. The highest BCUT2D eigenvalue weighted by Gasteiger charge is 2.34. The first-order valence-electron chi connectivity index (χ1n) is 5.39. The van der Waals surface area contributed by atoms with E-state index in [1.807, 2.05) is 0 Å². The van der Waals surface area contributed by atoms with Gasteiger partial charge in [0.1, 0.15) is 6.26 Å². The van der Waals surface area contributed by atoms with Crippen molar-refractivity contribution in [2.75, 3.05) is 0 Å². The van der Waals surface area contributed by atoms with Crippen molar-refractivity contribution in [1.29, 1.82) is 0 Å². The van der Waals surface area contributed by atoms with Gasteiger partial charge in [-0.25, -0.2) is 0 Å². The third kappa shape index (κ3) is 1.63. The molecule has 1 saturated carbocycles. The molecule has 2 N–H and O–H groups in total. The predicted octanol–water partition coefficient (Wildman–Crippen LogP) is 1.75. The highest BCUT2D eigenvalue weighted by Crippen LogP contribution is 2.32. The summed E-state index contributed by atoms with van der Waals surface area (Å²) in [5, 5.41) is 3.90. The minimum absolute atomic E-state index is 0.125. The molecule has 5 heteroatoms. The summed E-state index contributed by atoms with van der Waals surface area (Å²) >= 11 is 0. The second-order valence-corrected chi connectivity index (χ2v) is 4.42. The molecule has 2 aromatic rings. The second kappa shape index (κ2) is 3.45. The molecule has 0 radical (unpaired) electrons. The van der Waals surface area contributed by atoms with Crippen LogP contribution in [-0.4, -0.2) is 15.7 Å². The monoisotopic (exact) mass is 219 g/mol. The number of aromatic nitrogens is 2. The number of furan rings is 1. The van der Waals surface area contributed by atoms with Crippen molar-refractivity contribution in [2.45, 2.75) is 31.2 Å². The van der Waals surface area contributed by atoms with Gasteiger partial charge in [0, 0.05) is 12.0 Å². The molecule has 1 fully saturated rings. The molecule has 5 nitrogen and oxygen atoms in total. The first kappa shape index (κ1) is 9.59. The van der Waals surface area contributed by atoms with Crippen molar-refractivity contribution >= 4 is 0 Å². The summed E-state index contributed by atoms with van der Waals surface area (Å²) in [7, 11) is 0. The lowest BCUT2D eigenvalue weighted by molar-refractivity contribution is 0.222. The molecule has 0 saturated heterocycles. The van der Waals surface area contributed by atoms with E-state index in [9.17, 15) is 0 Å². The number of rotatable bonds is 3. The van der Waals surface area contributed by atoms with Gasteiger partial charge in [-0.2, -0.15) is 4.98 Å². The van der Waals surface area contributed by atoms with Crippen molar-refractivity contribution in [3.63, 3.8) is 0 Å². The van der Waals surface area contributed by atoms with Gasteiger partial charge in [-0.3, -0.25) is 0 Å². The van der Waals surface area contributed by atoms with Crippen LogP contribution in [0.25, 0.3) is 11.4 Å². The summed E-state index contributed by atoms with van der Waals surface area (Å²) in [6.45, 7) is 0. The van der Waals surface area contributed by atoms with Crippen LogP contribution in [0.15, 0.2) is 27.5 Å². The van der Waals surface area contributed by atoms with Gasteiger partial charge in [-0.15, -0.1) is 0 Å². The van der Waals surface area contributed by atoms with Gasteiger partial charge in [0.25, 0.3) is 0 Å². The molecule has 1 aliphatic carbocycles. The number of nitrogens with zero attached hydrogens (tertiary/aromatic N) is 2. The Hall–Kier alpha value is -1.62. The quantitative estimate of drug-likeness (QED) is 0.850. The topological polar surface area (TPSA) is 78.1 Å². The summed E-state index contributed by atoms with van der Waals surface area (Å²) in [6, 6.07) is 1.80. The molecular weight excluding hydrogens is 206 g/mol. The molecule has 0 unspecified atom stereocenters. The van der Waals surface area contributed by atoms with Crippen LogP contribution in [0.5, 0.6) is 0 Å². The number of hydrogen-bond acceptors (Lipinski definition) is 5. The lowest BCUT2D eigenvalue weighted by Gasteiger charge is -2.36. The zero-order chi connectivity index (χ0) is 11.0. The van der Waals surface area contributed by atoms with Gasteiger partial charge in [-0.05, 0) is 25.3 Å². The highest BCUT2D eigenvalue weighted by atomic mass is 16.5. The average Bonchev–Trinajstić information content (AvgIpc) is 2.83. The molecule has 0 aromatic carbocycles. The van der Waals surface area contributed by atoms with Gasteiger partial charge in [0.2, 0.25) is 11.7 Å². The summed E-state index contributed by atoms with van der Waals surface area (Å²) in [5.74, 6) is 1.17. The van der Waals surface area contributed by atoms with Crippen LogP contribution < -0.4 is 5.73 Å². The predicted molar refractivity (Wildman–Crippen MR) is 56.5 cm³/mol. The third-order valence-electron chi connectivity index (χ3n) is 3.10. The van der Waals surface area contributed by atoms with Crippen LogP contribution in [-0.2, 0) is 6.42 Å². The van der Waals surface area contributed by atoms with E-state index in [4.69, 9.17) is 14.7 Å². The SMILES string of the molecule is NC1(Cc2nc(-c3ccoc3)no2)CCC1. The fraction of sp³-hybridized carbons (Fsp3) is 0.455. The van der Waals surface area contributed by atoms with Crippen LogP contribution in [0.1, 0.15) is 25.2 Å². The maximum absolute atomic E-state index is 6.12. The van der Waals surface area contributed by atoms with Gasteiger partial charge in [-0.1, -0.05) is 5.16 Å². The van der Waals surface area contributed by atoms with E-state index >= 15 is 0 Å². The molecule has 0 spiro atoms. The van der Waals surface area contributed by atoms with E-state index in [1.54, 1.807) is 18.6 Å². The van der Waals surface area contributed by atoms with Crippen molar-refractivity contribution < 1.29 is 8.94 Å². The Labute approximate surface area is 92.6 Å². The first-order valence-corrected chi connectivity index (χ1v) is 5.39. The smallest absolute Gasteiger partial charge is 0.228 e. The Bertz CT molecular complexity index is 471. The molecule has 0 atom stereocenters. The maximum atomic E-state index is 6.12. The summed E-state index contributed by atoms with van der Waals surface area (Å²) in [5.41, 5.74) is 6.82. The van der Waals surface area contributed by atoms with E-state index in [0.717, 1.165) is 18.4 Å². The Balaban J connectivity index is 1.78. The van der Waals surface area contributed by atoms with E-state index in [0.29, 0.717) is 18.1 Å². The van der Waals surface area contributed by atoms with Gasteiger partial charge in [0.15, 0.2) is 0 Å².